The number of amidine groups is 1. The van der Waals surface area contributed by atoms with Gasteiger partial charge in [0.1, 0.15) is 0 Å². The van der Waals surface area contributed by atoms with Gasteiger partial charge in [0.05, 0.1) is 5.52 Å². The molecule has 52 heavy (non-hydrogen) atoms. The summed E-state index contributed by atoms with van der Waals surface area (Å²) >= 11 is 0. The molecular weight excluding hydrogens is 645 g/mol. The van der Waals surface area contributed by atoms with Crippen LogP contribution < -0.4 is 9.38 Å². The molecule has 9 rings (SSSR count). The number of hydrogen-bond acceptors (Lipinski definition) is 3. The van der Waals surface area contributed by atoms with E-state index < -0.39 is 6.97 Å². The summed E-state index contributed by atoms with van der Waals surface area (Å²) in [6.45, 7) is 1.97. The predicted octanol–water partition coefficient (Wildman–Crippen LogP) is 11.2. The normalized spacial score (nSPS) is 14.2. The smallest absolute Gasteiger partial charge is 0.414 e. The van der Waals surface area contributed by atoms with E-state index in [2.05, 4.69) is 74.2 Å². The van der Waals surface area contributed by atoms with E-state index in [0.717, 1.165) is 65.1 Å². The van der Waals surface area contributed by atoms with Gasteiger partial charge in [-0.2, -0.15) is 0 Å². The molecule has 0 saturated heterocycles. The number of para-hydroxylation sites is 2. The van der Waals surface area contributed by atoms with Gasteiger partial charge in [-0.15, -0.1) is 0 Å². The maximum atomic E-state index is 17.2. The van der Waals surface area contributed by atoms with Gasteiger partial charge >= 0.3 is 6.97 Å². The molecule has 4 nitrogen and oxygen atoms in total. The molecule has 0 spiro atoms. The number of halogens is 2. The van der Waals surface area contributed by atoms with E-state index in [1.165, 1.54) is 5.56 Å². The summed E-state index contributed by atoms with van der Waals surface area (Å²) in [6.07, 6.45) is 1.59. The van der Waals surface area contributed by atoms with E-state index in [4.69, 9.17) is 4.99 Å². The molecule has 7 aromatic rings. The maximum Gasteiger partial charge on any atom is 0.642 e. The zero-order valence-electron chi connectivity index (χ0n) is 29.1. The molecule has 0 radical (unpaired) electrons. The van der Waals surface area contributed by atoms with Crippen molar-refractivity contribution in [1.82, 2.24) is 4.81 Å². The summed E-state index contributed by atoms with van der Waals surface area (Å²) in [5.74, 6) is 0.485. The first-order valence-electron chi connectivity index (χ1n) is 17.6. The molecule has 2 aliphatic rings. The third-order valence-corrected chi connectivity index (χ3v) is 10.2. The van der Waals surface area contributed by atoms with E-state index in [1.54, 1.807) is 12.3 Å². The van der Waals surface area contributed by atoms with E-state index >= 15 is 8.63 Å². The molecule has 0 atom stereocenters. The van der Waals surface area contributed by atoms with Crippen molar-refractivity contribution in [3.63, 3.8) is 0 Å². The Morgan fingerprint density at radius 2 is 1.17 bits per heavy atom. The molecule has 2 aliphatic heterocycles. The summed E-state index contributed by atoms with van der Waals surface area (Å²) in [6, 6.07) is 50.0. The van der Waals surface area contributed by atoms with Crippen molar-refractivity contribution in [2.75, 3.05) is 4.90 Å². The highest BCUT2D eigenvalue weighted by Crippen LogP contribution is 2.40. The predicted molar refractivity (Wildman–Crippen MR) is 210 cm³/mol. The van der Waals surface area contributed by atoms with Crippen molar-refractivity contribution in [2.45, 2.75) is 20.8 Å². The van der Waals surface area contributed by atoms with Crippen LogP contribution in [0.15, 0.2) is 163 Å². The van der Waals surface area contributed by atoms with Crippen molar-refractivity contribution in [3.8, 4) is 11.1 Å². The lowest BCUT2D eigenvalue weighted by Crippen LogP contribution is -2.71. The van der Waals surface area contributed by atoms with Crippen LogP contribution in [0, 0.1) is 20.8 Å². The second-order valence-electron chi connectivity index (χ2n) is 13.7. The third kappa shape index (κ3) is 5.11. The molecule has 6 aromatic carbocycles. The molecule has 0 fully saturated rings. The van der Waals surface area contributed by atoms with Crippen LogP contribution in [0.2, 0.25) is 0 Å². The average molecular weight is 681 g/mol. The van der Waals surface area contributed by atoms with Crippen LogP contribution in [0.4, 0.5) is 31.5 Å². The van der Waals surface area contributed by atoms with Gasteiger partial charge in [-0.3, -0.25) is 0 Å². The van der Waals surface area contributed by atoms with Gasteiger partial charge in [-0.1, -0.05) is 90.5 Å². The fraction of sp³-hybridized carbons (Fsp3) is 0.0667. The largest absolute Gasteiger partial charge is 0.642 e. The highest BCUT2D eigenvalue weighted by molar-refractivity contribution is 6.59. The van der Waals surface area contributed by atoms with Crippen molar-refractivity contribution < 1.29 is 13.1 Å². The molecule has 7 heteroatoms. The summed E-state index contributed by atoms with van der Waals surface area (Å²) in [5.41, 5.74) is 12.2. The van der Waals surface area contributed by atoms with Crippen LogP contribution in [-0.4, -0.2) is 17.6 Å². The Labute approximate surface area is 302 Å². The molecule has 0 amide bonds. The summed E-state index contributed by atoms with van der Waals surface area (Å²) in [5, 5.41) is 0.736. The molecule has 0 N–H and O–H groups in total. The molecule has 252 valence electrons. The molecule has 1 aromatic heterocycles. The Kier molecular flexibility index (Phi) is 7.40. The SMILES string of the molecule is Cc1cc(C)c(-c2ccc3c(ccc4[n+]3[B-](F)(F)N3C=C(c5ccc(N(c6ccccc6)c6ccccc6)cc5)c5ccccc5C3=N4)c2)c(C)c1. The number of aliphatic imine (C=N–C) groups is 1. The van der Waals surface area contributed by atoms with Gasteiger partial charge in [0.2, 0.25) is 5.84 Å². The van der Waals surface area contributed by atoms with Crippen LogP contribution in [-0.2, 0) is 0 Å². The molecule has 0 bridgehead atoms. The Hall–Kier alpha value is -6.34. The number of rotatable bonds is 5. The van der Waals surface area contributed by atoms with Crippen LogP contribution in [0.3, 0.4) is 0 Å². The first-order valence-corrected chi connectivity index (χ1v) is 17.6. The lowest BCUT2D eigenvalue weighted by molar-refractivity contribution is -0.532. The van der Waals surface area contributed by atoms with Crippen LogP contribution >= 0.6 is 0 Å². The second kappa shape index (κ2) is 12.2. The highest BCUT2D eigenvalue weighted by atomic mass is 19.2. The van der Waals surface area contributed by atoms with Crippen molar-refractivity contribution in [3.05, 3.63) is 191 Å². The number of benzene rings is 6. The minimum absolute atomic E-state index is 0.233. The highest BCUT2D eigenvalue weighted by Gasteiger charge is 2.51. The number of aromatic nitrogens is 1. The number of anilines is 3. The molecule has 3 heterocycles. The average Bonchev–Trinajstić information content (AvgIpc) is 3.15. The van der Waals surface area contributed by atoms with Crippen LogP contribution in [0.5, 0.6) is 0 Å². The monoisotopic (exact) mass is 680 g/mol. The van der Waals surface area contributed by atoms with Gasteiger partial charge in [-0.05, 0) is 126 Å². The van der Waals surface area contributed by atoms with E-state index in [-0.39, 0.29) is 11.7 Å². The van der Waals surface area contributed by atoms with Crippen molar-refractivity contribution >= 4 is 52.2 Å². The Balaban J connectivity index is 1.15. The topological polar surface area (TPSA) is 22.7 Å². The Morgan fingerprint density at radius 1 is 0.596 bits per heavy atom. The van der Waals surface area contributed by atoms with Gasteiger partial charge in [0, 0.05) is 39.7 Å². The van der Waals surface area contributed by atoms with E-state index in [1.807, 2.05) is 97.1 Å². The van der Waals surface area contributed by atoms with Crippen LogP contribution in [0.25, 0.3) is 27.6 Å². The summed E-state index contributed by atoms with van der Waals surface area (Å²) < 4.78 is 35.5. The second-order valence-corrected chi connectivity index (χ2v) is 13.7. The quantitative estimate of drug-likeness (QED) is 0.169. The van der Waals surface area contributed by atoms with E-state index in [9.17, 15) is 0 Å². The molecule has 0 unspecified atom stereocenters. The zero-order valence-corrected chi connectivity index (χ0v) is 29.1. The van der Waals surface area contributed by atoms with Crippen molar-refractivity contribution in [1.29, 1.82) is 0 Å². The van der Waals surface area contributed by atoms with Gasteiger partial charge in [0.15, 0.2) is 0 Å². The lowest BCUT2D eigenvalue weighted by atomic mass is 9.82. The van der Waals surface area contributed by atoms with E-state index in [0.29, 0.717) is 16.7 Å². The first kappa shape index (κ1) is 31.6. The minimum atomic E-state index is -4.32. The summed E-state index contributed by atoms with van der Waals surface area (Å²) in [7, 11) is 0. The first-order chi connectivity index (χ1) is 25.3. The van der Waals surface area contributed by atoms with Gasteiger partial charge < -0.3 is 22.8 Å². The number of hydrogen-bond donors (Lipinski definition) is 0. The van der Waals surface area contributed by atoms with Gasteiger partial charge in [0.25, 0.3) is 5.82 Å². The zero-order chi connectivity index (χ0) is 35.6. The number of nitrogens with zero attached hydrogens (tertiary/aromatic N) is 4. The maximum absolute atomic E-state index is 17.2. The minimum Gasteiger partial charge on any atom is -0.414 e. The fourth-order valence-corrected chi connectivity index (χ4v) is 8.01. The lowest BCUT2D eigenvalue weighted by Gasteiger charge is -2.40. The number of pyridine rings is 1. The number of fused-ring (bicyclic) bond motifs is 6. The summed E-state index contributed by atoms with van der Waals surface area (Å²) in [4.78, 5) is 8.18. The molecule has 0 aliphatic carbocycles. The third-order valence-electron chi connectivity index (χ3n) is 10.2. The molecule has 0 saturated carbocycles. The Morgan fingerprint density at radius 3 is 1.83 bits per heavy atom. The molecular formula is C45H35BF2N4. The standard InChI is InChI=1S/C45H35BF2N4/c1-30-26-31(2)44(32(3)27-30)35-20-24-42-34(28-35)21-25-43-49-45-40-17-11-10-16-39(40)41(29-50(45)46(47,48)52(42)43)33-18-22-38(23-19-33)51(36-12-6-4-7-13-36)37-14-8-5-9-15-37/h4-29H,1-3H3. The van der Waals surface area contributed by atoms with Crippen molar-refractivity contribution in [2.24, 2.45) is 4.99 Å². The Bertz CT molecular complexity index is 2520. The van der Waals surface area contributed by atoms with Crippen LogP contribution in [0.1, 0.15) is 33.4 Å². The number of aryl methyl sites for hydroxylation is 3. The fourth-order valence-electron chi connectivity index (χ4n) is 8.01. The van der Waals surface area contributed by atoms with Gasteiger partial charge in [-0.25, -0.2) is 0 Å².